The van der Waals surface area contributed by atoms with E-state index in [0.717, 1.165) is 16.0 Å². The maximum Gasteiger partial charge on any atom is 0.325 e. The number of aromatic nitrogens is 3. The van der Waals surface area contributed by atoms with Crippen LogP contribution in [-0.2, 0) is 27.9 Å². The van der Waals surface area contributed by atoms with Crippen molar-refractivity contribution >= 4 is 27.3 Å². The van der Waals surface area contributed by atoms with Gasteiger partial charge in [0.25, 0.3) is 0 Å². The summed E-state index contributed by atoms with van der Waals surface area (Å²) in [6.45, 7) is -0.357. The Kier molecular flexibility index (Phi) is 3.93. The minimum absolute atomic E-state index is 0.0418. The van der Waals surface area contributed by atoms with Crippen LogP contribution < -0.4 is 4.72 Å². The van der Waals surface area contributed by atoms with Crippen LogP contribution in [0.3, 0.4) is 0 Å². The SMILES string of the molecule is O=C(O)Cn1cc(CNS(=O)(=O)c2cccs2)nn1. The van der Waals surface area contributed by atoms with Crippen molar-refractivity contribution in [1.82, 2.24) is 19.7 Å². The molecule has 10 heteroatoms. The van der Waals surface area contributed by atoms with Gasteiger partial charge >= 0.3 is 5.97 Å². The Labute approximate surface area is 112 Å². The predicted octanol–water partition coefficient (Wildman–Crippen LogP) is -0.0973. The lowest BCUT2D eigenvalue weighted by atomic mass is 10.5. The van der Waals surface area contributed by atoms with Gasteiger partial charge in [0.1, 0.15) is 10.8 Å². The highest BCUT2D eigenvalue weighted by Crippen LogP contribution is 2.15. The molecule has 0 amide bonds. The zero-order chi connectivity index (χ0) is 13.9. The number of nitrogens with one attached hydrogen (secondary N) is 1. The summed E-state index contributed by atoms with van der Waals surface area (Å²) >= 11 is 1.11. The fourth-order valence-electron chi connectivity index (χ4n) is 1.29. The number of carboxylic acids is 1. The van der Waals surface area contributed by atoms with E-state index in [-0.39, 0.29) is 17.3 Å². The smallest absolute Gasteiger partial charge is 0.325 e. The quantitative estimate of drug-likeness (QED) is 0.770. The van der Waals surface area contributed by atoms with Gasteiger partial charge in [-0.25, -0.2) is 17.8 Å². The van der Waals surface area contributed by atoms with Gasteiger partial charge in [0.2, 0.25) is 10.0 Å². The maximum atomic E-state index is 11.8. The van der Waals surface area contributed by atoms with E-state index in [4.69, 9.17) is 5.11 Å². The lowest BCUT2D eigenvalue weighted by Gasteiger charge is -2.01. The summed E-state index contributed by atoms with van der Waals surface area (Å²) in [4.78, 5) is 10.5. The predicted molar refractivity (Wildman–Crippen MR) is 66.0 cm³/mol. The molecule has 0 unspecified atom stereocenters. The summed E-state index contributed by atoms with van der Waals surface area (Å²) in [7, 11) is -3.55. The molecule has 2 heterocycles. The van der Waals surface area contributed by atoms with Gasteiger partial charge in [0, 0.05) is 0 Å². The van der Waals surface area contributed by atoms with Gasteiger partial charge in [-0.05, 0) is 11.4 Å². The molecule has 8 nitrogen and oxygen atoms in total. The number of nitrogens with zero attached hydrogens (tertiary/aromatic N) is 3. The molecule has 2 aromatic heterocycles. The molecule has 0 radical (unpaired) electrons. The molecule has 2 N–H and O–H groups in total. The van der Waals surface area contributed by atoms with Crippen LogP contribution in [0.15, 0.2) is 27.9 Å². The molecule has 0 atom stereocenters. The second kappa shape index (κ2) is 5.47. The van der Waals surface area contributed by atoms with Gasteiger partial charge in [-0.1, -0.05) is 11.3 Å². The number of rotatable bonds is 6. The number of aliphatic carboxylic acids is 1. The average Bonchev–Trinajstić information content (AvgIpc) is 2.96. The summed E-state index contributed by atoms with van der Waals surface area (Å²) in [5.41, 5.74) is 0.349. The lowest BCUT2D eigenvalue weighted by molar-refractivity contribution is -0.137. The van der Waals surface area contributed by atoms with Crippen molar-refractivity contribution in [3.63, 3.8) is 0 Å². The number of hydrogen-bond acceptors (Lipinski definition) is 6. The van der Waals surface area contributed by atoms with Crippen LogP contribution in [0.4, 0.5) is 0 Å². The van der Waals surface area contributed by atoms with Gasteiger partial charge in [0.05, 0.1) is 18.4 Å². The van der Waals surface area contributed by atoms with Crippen LogP contribution in [0.2, 0.25) is 0 Å². The van der Waals surface area contributed by atoms with Crippen molar-refractivity contribution in [1.29, 1.82) is 0 Å². The second-order valence-corrected chi connectivity index (χ2v) is 6.50. The van der Waals surface area contributed by atoms with E-state index in [9.17, 15) is 13.2 Å². The molecule has 0 aliphatic carbocycles. The molecule has 19 heavy (non-hydrogen) atoms. The minimum atomic E-state index is -3.55. The van der Waals surface area contributed by atoms with Gasteiger partial charge < -0.3 is 5.11 Å². The molecule has 0 fully saturated rings. The van der Waals surface area contributed by atoms with Gasteiger partial charge in [0.15, 0.2) is 0 Å². The van der Waals surface area contributed by atoms with Crippen molar-refractivity contribution in [2.45, 2.75) is 17.3 Å². The summed E-state index contributed by atoms with van der Waals surface area (Å²) in [6.07, 6.45) is 1.38. The number of carbonyl (C=O) groups is 1. The molecular weight excluding hydrogens is 292 g/mol. The molecule has 0 aliphatic heterocycles. The largest absolute Gasteiger partial charge is 0.480 e. The van der Waals surface area contributed by atoms with Gasteiger partial charge in [-0.3, -0.25) is 4.79 Å². The molecule has 0 aromatic carbocycles. The third kappa shape index (κ3) is 3.59. The molecule has 102 valence electrons. The topological polar surface area (TPSA) is 114 Å². The summed E-state index contributed by atoms with van der Waals surface area (Å²) in [5.74, 6) is -1.05. The van der Waals surface area contributed by atoms with Crippen LogP contribution in [0, 0.1) is 0 Å². The Bertz CT molecular complexity index is 662. The van der Waals surface area contributed by atoms with E-state index >= 15 is 0 Å². The van der Waals surface area contributed by atoms with E-state index in [0.29, 0.717) is 5.69 Å². The van der Waals surface area contributed by atoms with E-state index < -0.39 is 16.0 Å². The third-order valence-electron chi connectivity index (χ3n) is 2.09. The Morgan fingerprint density at radius 1 is 1.53 bits per heavy atom. The Balaban J connectivity index is 1.99. The van der Waals surface area contributed by atoms with Crippen LogP contribution in [0.1, 0.15) is 5.69 Å². The van der Waals surface area contributed by atoms with Crippen molar-refractivity contribution in [2.24, 2.45) is 0 Å². The van der Waals surface area contributed by atoms with Gasteiger partial charge in [-0.15, -0.1) is 16.4 Å². The zero-order valence-corrected chi connectivity index (χ0v) is 11.2. The summed E-state index contributed by atoms with van der Waals surface area (Å²) in [5, 5.41) is 17.5. The number of thiophene rings is 1. The van der Waals surface area contributed by atoms with Gasteiger partial charge in [-0.2, -0.15) is 0 Å². The third-order valence-corrected chi connectivity index (χ3v) is 4.89. The molecule has 0 saturated heterocycles. The first-order valence-electron chi connectivity index (χ1n) is 5.11. The fraction of sp³-hybridized carbons (Fsp3) is 0.222. The van der Waals surface area contributed by atoms with Crippen molar-refractivity contribution in [3.8, 4) is 0 Å². The summed E-state index contributed by atoms with van der Waals surface area (Å²) in [6, 6.07) is 3.14. The first kappa shape index (κ1) is 13.6. The van der Waals surface area contributed by atoms with Crippen LogP contribution in [-0.4, -0.2) is 34.5 Å². The highest BCUT2D eigenvalue weighted by molar-refractivity contribution is 7.91. The van der Waals surface area contributed by atoms with E-state index in [1.165, 1.54) is 12.3 Å². The molecule has 0 saturated carbocycles. The fourth-order valence-corrected chi connectivity index (χ4v) is 3.33. The monoisotopic (exact) mass is 302 g/mol. The summed E-state index contributed by atoms with van der Waals surface area (Å²) < 4.78 is 27.3. The first-order valence-corrected chi connectivity index (χ1v) is 7.47. The molecule has 2 aromatic rings. The molecule has 0 bridgehead atoms. The zero-order valence-electron chi connectivity index (χ0n) is 9.55. The van der Waals surface area contributed by atoms with Crippen molar-refractivity contribution < 1.29 is 18.3 Å². The van der Waals surface area contributed by atoms with Crippen molar-refractivity contribution in [2.75, 3.05) is 0 Å². The first-order chi connectivity index (χ1) is 8.97. The highest BCUT2D eigenvalue weighted by Gasteiger charge is 2.15. The van der Waals surface area contributed by atoms with Crippen LogP contribution >= 0.6 is 11.3 Å². The lowest BCUT2D eigenvalue weighted by Crippen LogP contribution is -2.22. The van der Waals surface area contributed by atoms with E-state index in [1.807, 2.05) is 0 Å². The molecule has 0 aliphatic rings. The Morgan fingerprint density at radius 3 is 2.95 bits per heavy atom. The molecule has 2 rings (SSSR count). The molecule has 0 spiro atoms. The van der Waals surface area contributed by atoms with Crippen LogP contribution in [0.25, 0.3) is 0 Å². The number of hydrogen-bond donors (Lipinski definition) is 2. The highest BCUT2D eigenvalue weighted by atomic mass is 32.2. The average molecular weight is 302 g/mol. The minimum Gasteiger partial charge on any atom is -0.480 e. The standard InChI is InChI=1S/C9H10N4O4S2/c14-8(15)6-13-5-7(11-12-13)4-10-19(16,17)9-2-1-3-18-9/h1-3,5,10H,4,6H2,(H,14,15). The maximum absolute atomic E-state index is 11.8. The second-order valence-electron chi connectivity index (χ2n) is 3.56. The van der Waals surface area contributed by atoms with E-state index in [2.05, 4.69) is 15.0 Å². The normalized spacial score (nSPS) is 11.6. The Hall–Kier alpha value is -1.78. The van der Waals surface area contributed by atoms with Crippen LogP contribution in [0.5, 0.6) is 0 Å². The number of carboxylic acid groups (broad SMARTS) is 1. The Morgan fingerprint density at radius 2 is 2.32 bits per heavy atom. The van der Waals surface area contributed by atoms with E-state index in [1.54, 1.807) is 11.4 Å². The number of sulfonamides is 1. The van der Waals surface area contributed by atoms with Crippen molar-refractivity contribution in [3.05, 3.63) is 29.4 Å². The molecular formula is C9H10N4O4S2.